The third-order valence-electron chi connectivity index (χ3n) is 6.06. The monoisotopic (exact) mass is 510 g/mol. The molecule has 2 aliphatic heterocycles. The lowest BCUT2D eigenvalue weighted by Crippen LogP contribution is -2.60. The number of benzene rings is 2. The van der Waals surface area contributed by atoms with Crippen molar-refractivity contribution in [2.45, 2.75) is 42.9 Å². The number of rotatable bonds is 6. The lowest BCUT2D eigenvalue weighted by molar-refractivity contribution is -0.311. The number of aliphatic hydroxyl groups excluding tert-OH is 4. The van der Waals surface area contributed by atoms with Crippen LogP contribution in [0.25, 0.3) is 0 Å². The molecule has 196 valence electrons. The number of aliphatic hydroxyl groups is 4. The van der Waals surface area contributed by atoms with Crippen LogP contribution >= 0.6 is 0 Å². The van der Waals surface area contributed by atoms with E-state index in [9.17, 15) is 40.5 Å². The third-order valence-corrected chi connectivity index (χ3v) is 6.06. The Bertz CT molecular complexity index is 1130. The summed E-state index contributed by atoms with van der Waals surface area (Å²) in [6.45, 7) is -0.720. The van der Waals surface area contributed by atoms with E-state index >= 15 is 0 Å². The molecule has 2 aliphatic rings. The van der Waals surface area contributed by atoms with Crippen LogP contribution in [0.3, 0.4) is 0 Å². The van der Waals surface area contributed by atoms with Gasteiger partial charge in [0.2, 0.25) is 11.5 Å². The molecule has 0 spiro atoms. The lowest BCUT2D eigenvalue weighted by Gasteiger charge is -2.42. The van der Waals surface area contributed by atoms with E-state index < -0.39 is 66.8 Å². The van der Waals surface area contributed by atoms with Gasteiger partial charge in [-0.1, -0.05) is 0 Å². The van der Waals surface area contributed by atoms with E-state index in [1.165, 1.54) is 32.4 Å². The summed E-state index contributed by atoms with van der Waals surface area (Å²) in [5, 5.41) is 70.4. The van der Waals surface area contributed by atoms with Gasteiger partial charge >= 0.3 is 0 Å². The predicted molar refractivity (Wildman–Crippen MR) is 117 cm³/mol. The van der Waals surface area contributed by atoms with Crippen LogP contribution in [0.4, 0.5) is 0 Å². The van der Waals surface area contributed by atoms with E-state index in [0.29, 0.717) is 0 Å². The summed E-state index contributed by atoms with van der Waals surface area (Å²) < 4.78 is 27.4. The second-order valence-electron chi connectivity index (χ2n) is 8.27. The summed E-state index contributed by atoms with van der Waals surface area (Å²) in [6.07, 6.45) is -11.2. The second-order valence-corrected chi connectivity index (χ2v) is 8.27. The second kappa shape index (κ2) is 9.97. The van der Waals surface area contributed by atoms with Crippen molar-refractivity contribution >= 4 is 5.78 Å². The van der Waals surface area contributed by atoms with Gasteiger partial charge in [-0.2, -0.15) is 0 Å². The Morgan fingerprint density at radius 1 is 0.917 bits per heavy atom. The maximum atomic E-state index is 13.7. The van der Waals surface area contributed by atoms with Crippen molar-refractivity contribution in [3.05, 3.63) is 35.4 Å². The molecule has 0 aliphatic carbocycles. The molecule has 1 saturated heterocycles. The van der Waals surface area contributed by atoms with Gasteiger partial charge in [-0.25, -0.2) is 0 Å². The van der Waals surface area contributed by atoms with E-state index in [1.807, 2.05) is 0 Å². The fourth-order valence-corrected chi connectivity index (χ4v) is 4.19. The largest absolute Gasteiger partial charge is 0.508 e. The molecule has 2 aromatic carbocycles. The van der Waals surface area contributed by atoms with Crippen molar-refractivity contribution in [2.75, 3.05) is 20.8 Å². The molecule has 0 bridgehead atoms. The van der Waals surface area contributed by atoms with Gasteiger partial charge in [0.1, 0.15) is 47.2 Å². The van der Waals surface area contributed by atoms with Gasteiger partial charge in [0, 0.05) is 17.7 Å². The van der Waals surface area contributed by atoms with Crippen LogP contribution < -0.4 is 14.2 Å². The minimum absolute atomic E-state index is 0.0398. The molecular weight excluding hydrogens is 484 g/mol. The summed E-state index contributed by atoms with van der Waals surface area (Å²) >= 11 is 0. The van der Waals surface area contributed by atoms with Gasteiger partial charge in [0.15, 0.2) is 30.0 Å². The SMILES string of the molecule is COc1cc(C2Oc3cc(O)cc(OC)c3C(=O)[C@@H]2O[C@H]2O[C@@H](CO)[C@@H](O)[C@@H](O)[C@@H]2O)cc(O)c1O. The number of carbonyl (C=O) groups excluding carboxylic acids is 1. The topological polar surface area (TPSA) is 205 Å². The average molecular weight is 510 g/mol. The highest BCUT2D eigenvalue weighted by molar-refractivity contribution is 6.06. The van der Waals surface area contributed by atoms with Crippen LogP contribution in [0.2, 0.25) is 0 Å². The van der Waals surface area contributed by atoms with Crippen molar-refractivity contribution in [2.24, 2.45) is 0 Å². The lowest BCUT2D eigenvalue weighted by atomic mass is 9.91. The number of fused-ring (bicyclic) bond motifs is 1. The zero-order chi connectivity index (χ0) is 26.3. The summed E-state index contributed by atoms with van der Waals surface area (Å²) in [7, 11) is 2.51. The van der Waals surface area contributed by atoms with Crippen molar-refractivity contribution in [1.82, 2.24) is 0 Å². The zero-order valence-corrected chi connectivity index (χ0v) is 19.1. The van der Waals surface area contributed by atoms with Crippen LogP contribution in [0.5, 0.6) is 34.5 Å². The van der Waals surface area contributed by atoms with Gasteiger partial charge < -0.3 is 59.4 Å². The minimum Gasteiger partial charge on any atom is -0.508 e. The van der Waals surface area contributed by atoms with Crippen LogP contribution in [0.1, 0.15) is 22.0 Å². The molecule has 0 saturated carbocycles. The normalized spacial score (nSPS) is 29.8. The Labute approximate surface area is 204 Å². The van der Waals surface area contributed by atoms with Gasteiger partial charge in [-0.15, -0.1) is 0 Å². The molecule has 0 amide bonds. The highest BCUT2D eigenvalue weighted by atomic mass is 16.7. The van der Waals surface area contributed by atoms with Crippen LogP contribution in [-0.4, -0.2) is 99.2 Å². The maximum absolute atomic E-state index is 13.7. The molecule has 36 heavy (non-hydrogen) atoms. The molecule has 0 aromatic heterocycles. The number of ether oxygens (including phenoxy) is 5. The number of ketones is 1. The highest BCUT2D eigenvalue weighted by Crippen LogP contribution is 2.46. The fourth-order valence-electron chi connectivity index (χ4n) is 4.19. The van der Waals surface area contributed by atoms with E-state index in [1.54, 1.807) is 0 Å². The Kier molecular flexibility index (Phi) is 7.13. The average Bonchev–Trinajstić information content (AvgIpc) is 2.86. The molecule has 13 nitrogen and oxygen atoms in total. The number of phenols is 3. The number of methoxy groups -OCH3 is 2. The van der Waals surface area contributed by atoms with Crippen molar-refractivity contribution in [3.63, 3.8) is 0 Å². The highest BCUT2D eigenvalue weighted by Gasteiger charge is 2.49. The first-order chi connectivity index (χ1) is 17.1. The number of hydrogen-bond acceptors (Lipinski definition) is 13. The summed E-state index contributed by atoms with van der Waals surface area (Å²) in [4.78, 5) is 13.7. The minimum atomic E-state index is -1.82. The molecule has 2 heterocycles. The third kappa shape index (κ3) is 4.36. The number of Topliss-reactive ketones (excluding diaryl/α,β-unsaturated/α-hetero) is 1. The first-order valence-corrected chi connectivity index (χ1v) is 10.8. The number of aromatic hydroxyl groups is 3. The van der Waals surface area contributed by atoms with E-state index in [0.717, 1.165) is 6.07 Å². The number of carbonyl (C=O) groups is 1. The smallest absolute Gasteiger partial charge is 0.203 e. The van der Waals surface area contributed by atoms with Crippen LogP contribution in [0.15, 0.2) is 24.3 Å². The number of phenolic OH excluding ortho intramolecular Hbond substituents is 3. The first kappa shape index (κ1) is 25.8. The molecule has 4 rings (SSSR count). The van der Waals surface area contributed by atoms with E-state index in [4.69, 9.17) is 23.7 Å². The molecule has 7 atom stereocenters. The molecular formula is C23H26O13. The van der Waals surface area contributed by atoms with Gasteiger partial charge in [0.25, 0.3) is 0 Å². The van der Waals surface area contributed by atoms with Crippen molar-refractivity contribution in [1.29, 1.82) is 0 Å². The van der Waals surface area contributed by atoms with Gasteiger partial charge in [-0.05, 0) is 12.1 Å². The Balaban J connectivity index is 1.80. The molecule has 1 unspecified atom stereocenters. The Hall–Kier alpha value is -3.33. The summed E-state index contributed by atoms with van der Waals surface area (Å²) in [5.41, 5.74) is -0.00541. The summed E-state index contributed by atoms with van der Waals surface area (Å²) in [5.74, 6) is -2.42. The number of hydrogen-bond donors (Lipinski definition) is 7. The standard InChI is InChI=1S/C23H26O13/c1-32-11-5-9(25)6-12-15(11)18(29)22(36-23-20(31)19(30)17(28)14(7-24)35-23)21(34-12)8-3-10(26)16(27)13(4-8)33-2/h3-6,14,17,19-28,30-31H,7H2,1-2H3/t14-,17+,19+,20-,21?,22-,23+/m0/s1. The zero-order valence-electron chi connectivity index (χ0n) is 19.1. The molecule has 1 fully saturated rings. The molecule has 13 heteroatoms. The molecule has 0 radical (unpaired) electrons. The van der Waals surface area contributed by atoms with Crippen molar-refractivity contribution < 1.29 is 64.2 Å². The fraction of sp³-hybridized carbons (Fsp3) is 0.435. The Morgan fingerprint density at radius 3 is 2.25 bits per heavy atom. The molecule has 7 N–H and O–H groups in total. The first-order valence-electron chi connectivity index (χ1n) is 10.8. The predicted octanol–water partition coefficient (Wildman–Crippen LogP) is -0.678. The maximum Gasteiger partial charge on any atom is 0.203 e. The van der Waals surface area contributed by atoms with Crippen LogP contribution in [0, 0.1) is 0 Å². The van der Waals surface area contributed by atoms with Gasteiger partial charge in [0.05, 0.1) is 20.8 Å². The van der Waals surface area contributed by atoms with E-state index in [-0.39, 0.29) is 34.1 Å². The van der Waals surface area contributed by atoms with Crippen LogP contribution in [-0.2, 0) is 9.47 Å². The van der Waals surface area contributed by atoms with E-state index in [2.05, 4.69) is 0 Å². The molecule has 2 aromatic rings. The Morgan fingerprint density at radius 2 is 1.61 bits per heavy atom. The van der Waals surface area contributed by atoms with Crippen molar-refractivity contribution in [3.8, 4) is 34.5 Å². The van der Waals surface area contributed by atoms with Gasteiger partial charge in [-0.3, -0.25) is 4.79 Å². The summed E-state index contributed by atoms with van der Waals surface area (Å²) in [6, 6.07) is 4.73. The quantitative estimate of drug-likeness (QED) is 0.241.